The van der Waals surface area contributed by atoms with Gasteiger partial charge in [-0.2, -0.15) is 4.98 Å². The minimum atomic E-state index is -0.0941. The first-order valence-electron chi connectivity index (χ1n) is 7.54. The summed E-state index contributed by atoms with van der Waals surface area (Å²) in [5, 5.41) is 6.77. The molecule has 0 unspecified atom stereocenters. The molecule has 22 heavy (non-hydrogen) atoms. The Hall–Kier alpha value is -2.37. The number of nitrogens with one attached hydrogen (secondary N) is 1. The van der Waals surface area contributed by atoms with Crippen LogP contribution in [0.3, 0.4) is 0 Å². The summed E-state index contributed by atoms with van der Waals surface area (Å²) in [6, 6.07) is 7.62. The van der Waals surface area contributed by atoms with E-state index in [1.165, 1.54) is 12.8 Å². The first kappa shape index (κ1) is 14.6. The summed E-state index contributed by atoms with van der Waals surface area (Å²) >= 11 is 0. The molecule has 0 bridgehead atoms. The Balaban J connectivity index is 1.64. The molecular formula is C16H19N3O3. The van der Waals surface area contributed by atoms with Crippen molar-refractivity contribution in [3.63, 3.8) is 0 Å². The average Bonchev–Trinajstić information content (AvgIpc) is 3.17. The van der Waals surface area contributed by atoms with Gasteiger partial charge < -0.3 is 14.6 Å². The van der Waals surface area contributed by atoms with Gasteiger partial charge in [0.1, 0.15) is 5.75 Å². The number of aromatic nitrogens is 2. The lowest BCUT2D eigenvalue weighted by atomic mass is 10.2. The van der Waals surface area contributed by atoms with Crippen LogP contribution in [0, 0.1) is 6.92 Å². The molecule has 1 aromatic heterocycles. The fourth-order valence-electron chi connectivity index (χ4n) is 2.66. The van der Waals surface area contributed by atoms with E-state index in [0.29, 0.717) is 29.1 Å². The van der Waals surface area contributed by atoms with Crippen molar-refractivity contribution in [1.82, 2.24) is 15.5 Å². The zero-order valence-corrected chi connectivity index (χ0v) is 12.5. The van der Waals surface area contributed by atoms with Crippen molar-refractivity contribution in [3.8, 4) is 17.2 Å². The van der Waals surface area contributed by atoms with Gasteiger partial charge >= 0.3 is 0 Å². The Morgan fingerprint density at radius 1 is 1.36 bits per heavy atom. The van der Waals surface area contributed by atoms with E-state index >= 15 is 0 Å². The van der Waals surface area contributed by atoms with Crippen LogP contribution in [0.4, 0.5) is 0 Å². The molecule has 0 radical (unpaired) electrons. The van der Waals surface area contributed by atoms with Crippen molar-refractivity contribution < 1.29 is 14.1 Å². The van der Waals surface area contributed by atoms with E-state index < -0.39 is 0 Å². The second kappa shape index (κ2) is 6.60. The van der Waals surface area contributed by atoms with Gasteiger partial charge in [-0.05, 0) is 31.9 Å². The molecular weight excluding hydrogens is 282 g/mol. The van der Waals surface area contributed by atoms with Gasteiger partial charge in [-0.15, -0.1) is 0 Å². The minimum absolute atomic E-state index is 0.0133. The summed E-state index contributed by atoms with van der Waals surface area (Å²) in [4.78, 5) is 16.1. The molecule has 1 aliphatic carbocycles. The van der Waals surface area contributed by atoms with E-state index in [1.807, 2.05) is 18.2 Å². The Kier molecular flexibility index (Phi) is 4.37. The molecule has 1 aliphatic rings. The third-order valence-electron chi connectivity index (χ3n) is 3.72. The summed E-state index contributed by atoms with van der Waals surface area (Å²) in [5.74, 6) is 1.42. The number of hydrogen-bond acceptors (Lipinski definition) is 5. The van der Waals surface area contributed by atoms with Crippen LogP contribution in [0.1, 0.15) is 31.5 Å². The standard InChI is InChI=1S/C16H19N3O3/c1-11-17-16(22-19-11)13-8-4-5-9-14(13)21-10-15(20)18-12-6-2-3-7-12/h4-5,8-9,12H,2-3,6-7,10H2,1H3,(H,18,20). The van der Waals surface area contributed by atoms with Gasteiger partial charge in [0.25, 0.3) is 11.8 Å². The number of benzene rings is 1. The number of ether oxygens (including phenoxy) is 1. The molecule has 3 rings (SSSR count). The molecule has 6 nitrogen and oxygen atoms in total. The molecule has 0 atom stereocenters. The van der Waals surface area contributed by atoms with Crippen molar-refractivity contribution in [2.24, 2.45) is 0 Å². The number of carbonyl (C=O) groups excluding carboxylic acids is 1. The van der Waals surface area contributed by atoms with Gasteiger partial charge in [-0.1, -0.05) is 30.1 Å². The Morgan fingerprint density at radius 3 is 2.86 bits per heavy atom. The minimum Gasteiger partial charge on any atom is -0.483 e. The maximum absolute atomic E-state index is 11.9. The number of amides is 1. The number of hydrogen-bond donors (Lipinski definition) is 1. The summed E-state index contributed by atoms with van der Waals surface area (Å²) < 4.78 is 10.8. The van der Waals surface area contributed by atoms with Gasteiger partial charge in [0.05, 0.1) is 5.56 Å². The monoisotopic (exact) mass is 301 g/mol. The summed E-state index contributed by atoms with van der Waals surface area (Å²) in [5.41, 5.74) is 0.691. The number of carbonyl (C=O) groups is 1. The summed E-state index contributed by atoms with van der Waals surface area (Å²) in [6.07, 6.45) is 4.49. The molecule has 2 aromatic rings. The van der Waals surface area contributed by atoms with Crippen LogP contribution in [-0.2, 0) is 4.79 Å². The maximum Gasteiger partial charge on any atom is 0.261 e. The molecule has 0 spiro atoms. The fraction of sp³-hybridized carbons (Fsp3) is 0.438. The third kappa shape index (κ3) is 3.44. The number of nitrogens with zero attached hydrogens (tertiary/aromatic N) is 2. The molecule has 1 fully saturated rings. The van der Waals surface area contributed by atoms with Crippen molar-refractivity contribution >= 4 is 5.91 Å². The molecule has 6 heteroatoms. The van der Waals surface area contributed by atoms with E-state index in [0.717, 1.165) is 12.8 Å². The zero-order valence-electron chi connectivity index (χ0n) is 12.5. The highest BCUT2D eigenvalue weighted by Gasteiger charge is 2.18. The van der Waals surface area contributed by atoms with E-state index in [-0.39, 0.29) is 12.5 Å². The van der Waals surface area contributed by atoms with Crippen LogP contribution in [0.5, 0.6) is 5.75 Å². The molecule has 1 saturated carbocycles. The third-order valence-corrected chi connectivity index (χ3v) is 3.72. The smallest absolute Gasteiger partial charge is 0.261 e. The number of para-hydroxylation sites is 1. The Bertz CT molecular complexity index is 648. The SMILES string of the molecule is Cc1noc(-c2ccccc2OCC(=O)NC2CCCC2)n1. The Labute approximate surface area is 128 Å². The number of rotatable bonds is 5. The summed E-state index contributed by atoms with van der Waals surface area (Å²) in [6.45, 7) is 1.74. The zero-order chi connectivity index (χ0) is 15.4. The topological polar surface area (TPSA) is 77.2 Å². The first-order chi connectivity index (χ1) is 10.7. The quantitative estimate of drug-likeness (QED) is 0.918. The van der Waals surface area contributed by atoms with Gasteiger partial charge in [-0.25, -0.2) is 0 Å². The lowest BCUT2D eigenvalue weighted by Crippen LogP contribution is -2.36. The predicted octanol–water partition coefficient (Wildman–Crippen LogP) is 2.48. The highest BCUT2D eigenvalue weighted by molar-refractivity contribution is 5.78. The van der Waals surface area contributed by atoms with Crippen molar-refractivity contribution in [2.45, 2.75) is 38.6 Å². The molecule has 116 valence electrons. The van der Waals surface area contributed by atoms with Crippen LogP contribution in [0.25, 0.3) is 11.5 Å². The van der Waals surface area contributed by atoms with Crippen LogP contribution < -0.4 is 10.1 Å². The van der Waals surface area contributed by atoms with Crippen LogP contribution in [-0.4, -0.2) is 28.7 Å². The molecule has 1 amide bonds. The fourth-order valence-corrected chi connectivity index (χ4v) is 2.66. The average molecular weight is 301 g/mol. The van der Waals surface area contributed by atoms with E-state index in [9.17, 15) is 4.79 Å². The van der Waals surface area contributed by atoms with Gasteiger partial charge in [0.2, 0.25) is 0 Å². The maximum atomic E-state index is 11.9. The van der Waals surface area contributed by atoms with E-state index in [2.05, 4.69) is 15.5 Å². The van der Waals surface area contributed by atoms with E-state index in [4.69, 9.17) is 9.26 Å². The lowest BCUT2D eigenvalue weighted by Gasteiger charge is -2.13. The van der Waals surface area contributed by atoms with Gasteiger partial charge in [-0.3, -0.25) is 4.79 Å². The molecule has 0 saturated heterocycles. The van der Waals surface area contributed by atoms with Crippen molar-refractivity contribution in [3.05, 3.63) is 30.1 Å². The van der Waals surface area contributed by atoms with Gasteiger partial charge in [0.15, 0.2) is 12.4 Å². The molecule has 1 aromatic carbocycles. The highest BCUT2D eigenvalue weighted by Crippen LogP contribution is 2.28. The second-order valence-corrected chi connectivity index (χ2v) is 5.48. The van der Waals surface area contributed by atoms with Crippen molar-refractivity contribution in [2.75, 3.05) is 6.61 Å². The summed E-state index contributed by atoms with van der Waals surface area (Å²) in [7, 11) is 0. The second-order valence-electron chi connectivity index (χ2n) is 5.48. The normalized spacial score (nSPS) is 15.0. The van der Waals surface area contributed by atoms with Crippen LogP contribution in [0.15, 0.2) is 28.8 Å². The first-order valence-corrected chi connectivity index (χ1v) is 7.54. The highest BCUT2D eigenvalue weighted by atomic mass is 16.5. The molecule has 1 heterocycles. The Morgan fingerprint density at radius 2 is 2.14 bits per heavy atom. The van der Waals surface area contributed by atoms with Crippen LogP contribution in [0.2, 0.25) is 0 Å². The van der Waals surface area contributed by atoms with E-state index in [1.54, 1.807) is 13.0 Å². The van der Waals surface area contributed by atoms with Crippen LogP contribution >= 0.6 is 0 Å². The molecule has 0 aliphatic heterocycles. The molecule has 1 N–H and O–H groups in total. The number of aryl methyl sites for hydroxylation is 1. The van der Waals surface area contributed by atoms with Crippen molar-refractivity contribution in [1.29, 1.82) is 0 Å². The largest absolute Gasteiger partial charge is 0.483 e. The van der Waals surface area contributed by atoms with Gasteiger partial charge in [0, 0.05) is 6.04 Å². The lowest BCUT2D eigenvalue weighted by molar-refractivity contribution is -0.123. The predicted molar refractivity (Wildman–Crippen MR) is 80.4 cm³/mol.